The van der Waals surface area contributed by atoms with Crippen molar-refractivity contribution < 1.29 is 4.42 Å². The van der Waals surface area contributed by atoms with Gasteiger partial charge in [0, 0.05) is 18.9 Å². The summed E-state index contributed by atoms with van der Waals surface area (Å²) in [5.74, 6) is 1.63. The highest BCUT2D eigenvalue weighted by molar-refractivity contribution is 5.73. The van der Waals surface area contributed by atoms with Crippen LogP contribution in [0.2, 0.25) is 0 Å². The summed E-state index contributed by atoms with van der Waals surface area (Å²) in [7, 11) is 0. The van der Waals surface area contributed by atoms with E-state index >= 15 is 0 Å². The van der Waals surface area contributed by atoms with E-state index in [2.05, 4.69) is 27.4 Å². The highest BCUT2D eigenvalue weighted by Crippen LogP contribution is 2.29. The van der Waals surface area contributed by atoms with Crippen LogP contribution in [0.3, 0.4) is 0 Å². The third-order valence-corrected chi connectivity index (χ3v) is 3.49. The predicted molar refractivity (Wildman–Crippen MR) is 84.5 cm³/mol. The minimum Gasteiger partial charge on any atom is -0.463 e. The number of furan rings is 1. The van der Waals surface area contributed by atoms with Crippen molar-refractivity contribution in [2.45, 2.75) is 6.54 Å². The Hall–Kier alpha value is -3.08. The molecule has 0 radical (unpaired) electrons. The van der Waals surface area contributed by atoms with E-state index in [1.165, 1.54) is 5.56 Å². The van der Waals surface area contributed by atoms with Gasteiger partial charge in [0.1, 0.15) is 11.5 Å². The molecule has 0 amide bonds. The summed E-state index contributed by atoms with van der Waals surface area (Å²) < 4.78 is 7.49. The van der Waals surface area contributed by atoms with Gasteiger partial charge in [0.05, 0.1) is 12.5 Å². The topological polar surface area (TPSA) is 55.4 Å². The highest BCUT2D eigenvalue weighted by atomic mass is 16.3. The van der Waals surface area contributed by atoms with Crippen molar-refractivity contribution in [3.8, 4) is 11.5 Å². The zero-order chi connectivity index (χ0) is 14.8. The Morgan fingerprint density at radius 2 is 2.00 bits per heavy atom. The number of nitrogens with zero attached hydrogens (tertiary/aromatic N) is 3. The van der Waals surface area contributed by atoms with Gasteiger partial charge < -0.3 is 9.73 Å². The van der Waals surface area contributed by atoms with Crippen molar-refractivity contribution in [2.75, 3.05) is 5.32 Å². The van der Waals surface area contributed by atoms with Crippen LogP contribution >= 0.6 is 0 Å². The molecule has 0 spiro atoms. The normalized spacial score (nSPS) is 10.9. The zero-order valence-electron chi connectivity index (χ0n) is 11.8. The largest absolute Gasteiger partial charge is 0.463 e. The fraction of sp³-hybridized carbons (Fsp3) is 0.0588. The molecular weight excluding hydrogens is 276 g/mol. The van der Waals surface area contributed by atoms with E-state index in [-0.39, 0.29) is 0 Å². The molecular formula is C17H14N4O. The molecule has 1 N–H and O–H groups in total. The van der Waals surface area contributed by atoms with Gasteiger partial charge in [-0.25, -0.2) is 4.98 Å². The lowest BCUT2D eigenvalue weighted by Gasteiger charge is -2.07. The van der Waals surface area contributed by atoms with Gasteiger partial charge in [0.15, 0.2) is 11.4 Å². The summed E-state index contributed by atoms with van der Waals surface area (Å²) in [5.41, 5.74) is 2.77. The fourth-order valence-electron chi connectivity index (χ4n) is 2.44. The predicted octanol–water partition coefficient (Wildman–Crippen LogP) is 3.60. The molecule has 0 bridgehead atoms. The number of anilines is 1. The summed E-state index contributed by atoms with van der Waals surface area (Å²) in [6.07, 6.45) is 7.02. The maximum Gasteiger partial charge on any atom is 0.157 e. The first-order chi connectivity index (χ1) is 10.9. The number of rotatable bonds is 4. The summed E-state index contributed by atoms with van der Waals surface area (Å²) in [5, 5.41) is 3.45. The molecule has 4 rings (SSSR count). The summed E-state index contributed by atoms with van der Waals surface area (Å²) in [6, 6.07) is 14.0. The van der Waals surface area contributed by atoms with Gasteiger partial charge in [-0.05, 0) is 17.7 Å². The van der Waals surface area contributed by atoms with E-state index in [9.17, 15) is 0 Å². The Morgan fingerprint density at radius 3 is 2.82 bits per heavy atom. The van der Waals surface area contributed by atoms with Crippen LogP contribution < -0.4 is 5.32 Å². The standard InChI is InChI=1S/C17H14N4O/c1-2-5-13(6-3-1)11-19-17-16(14-7-4-10-22-14)20-15-12-18-8-9-21(15)17/h1-10,12,19H,11H2. The van der Waals surface area contributed by atoms with Gasteiger partial charge in [-0.3, -0.25) is 9.38 Å². The van der Waals surface area contributed by atoms with Crippen LogP contribution in [-0.2, 0) is 6.54 Å². The molecule has 5 heteroatoms. The lowest BCUT2D eigenvalue weighted by molar-refractivity contribution is 0.580. The molecule has 0 saturated heterocycles. The second-order valence-electron chi connectivity index (χ2n) is 4.93. The van der Waals surface area contributed by atoms with E-state index < -0.39 is 0 Å². The van der Waals surface area contributed by atoms with E-state index in [0.717, 1.165) is 22.9 Å². The van der Waals surface area contributed by atoms with Crippen molar-refractivity contribution in [1.82, 2.24) is 14.4 Å². The number of imidazole rings is 1. The molecule has 5 nitrogen and oxygen atoms in total. The average molecular weight is 290 g/mol. The Balaban J connectivity index is 1.76. The molecule has 0 unspecified atom stereocenters. The molecule has 22 heavy (non-hydrogen) atoms. The molecule has 108 valence electrons. The van der Waals surface area contributed by atoms with Crippen molar-refractivity contribution in [3.63, 3.8) is 0 Å². The number of benzene rings is 1. The number of nitrogens with one attached hydrogen (secondary N) is 1. The lowest BCUT2D eigenvalue weighted by atomic mass is 10.2. The minimum absolute atomic E-state index is 0.713. The summed E-state index contributed by atoms with van der Waals surface area (Å²) in [6.45, 7) is 0.713. The Morgan fingerprint density at radius 1 is 1.09 bits per heavy atom. The smallest absolute Gasteiger partial charge is 0.157 e. The van der Waals surface area contributed by atoms with Crippen LogP contribution in [0.5, 0.6) is 0 Å². The second-order valence-corrected chi connectivity index (χ2v) is 4.93. The van der Waals surface area contributed by atoms with E-state index in [0.29, 0.717) is 6.54 Å². The lowest BCUT2D eigenvalue weighted by Crippen LogP contribution is -2.03. The molecule has 0 aliphatic heterocycles. The molecule has 3 heterocycles. The first-order valence-electron chi connectivity index (χ1n) is 7.05. The van der Waals surface area contributed by atoms with Crippen LogP contribution in [0.15, 0.2) is 71.7 Å². The van der Waals surface area contributed by atoms with Crippen molar-refractivity contribution in [1.29, 1.82) is 0 Å². The molecule has 0 atom stereocenters. The molecule has 1 aromatic carbocycles. The quantitative estimate of drug-likeness (QED) is 0.624. The first-order valence-corrected chi connectivity index (χ1v) is 7.05. The van der Waals surface area contributed by atoms with Crippen LogP contribution in [0.25, 0.3) is 17.1 Å². The Bertz CT molecular complexity index is 882. The van der Waals surface area contributed by atoms with Crippen LogP contribution in [0, 0.1) is 0 Å². The number of fused-ring (bicyclic) bond motifs is 1. The minimum atomic E-state index is 0.713. The number of hydrogen-bond donors (Lipinski definition) is 1. The zero-order valence-corrected chi connectivity index (χ0v) is 11.8. The third kappa shape index (κ3) is 2.22. The second kappa shape index (κ2) is 5.37. The van der Waals surface area contributed by atoms with Crippen LogP contribution in [-0.4, -0.2) is 14.4 Å². The number of hydrogen-bond acceptors (Lipinski definition) is 4. The molecule has 4 aromatic rings. The summed E-state index contributed by atoms with van der Waals surface area (Å²) in [4.78, 5) is 8.74. The van der Waals surface area contributed by atoms with Gasteiger partial charge in [-0.2, -0.15) is 0 Å². The summed E-state index contributed by atoms with van der Waals surface area (Å²) >= 11 is 0. The van der Waals surface area contributed by atoms with Gasteiger partial charge in [-0.1, -0.05) is 30.3 Å². The monoisotopic (exact) mass is 290 g/mol. The number of aromatic nitrogens is 3. The van der Waals surface area contributed by atoms with Crippen molar-refractivity contribution in [3.05, 3.63) is 72.9 Å². The Kier molecular flexibility index (Phi) is 3.08. The molecule has 0 fully saturated rings. The molecule has 3 aromatic heterocycles. The Labute approximate surface area is 127 Å². The van der Waals surface area contributed by atoms with Crippen molar-refractivity contribution in [2.24, 2.45) is 0 Å². The van der Waals surface area contributed by atoms with Gasteiger partial charge in [0.2, 0.25) is 0 Å². The SMILES string of the molecule is c1ccc(CNc2c(-c3ccco3)nc3cnccn23)cc1. The van der Waals surface area contributed by atoms with E-state index in [4.69, 9.17) is 4.42 Å². The maximum absolute atomic E-state index is 5.51. The van der Waals surface area contributed by atoms with Gasteiger partial charge >= 0.3 is 0 Å². The highest BCUT2D eigenvalue weighted by Gasteiger charge is 2.15. The molecule has 0 aliphatic rings. The van der Waals surface area contributed by atoms with Crippen LogP contribution in [0.4, 0.5) is 5.82 Å². The third-order valence-electron chi connectivity index (χ3n) is 3.49. The van der Waals surface area contributed by atoms with E-state index in [1.54, 1.807) is 18.7 Å². The maximum atomic E-state index is 5.51. The molecule has 0 saturated carbocycles. The van der Waals surface area contributed by atoms with Crippen LogP contribution in [0.1, 0.15) is 5.56 Å². The van der Waals surface area contributed by atoms with Crippen molar-refractivity contribution >= 4 is 11.5 Å². The first kappa shape index (κ1) is 12.6. The van der Waals surface area contributed by atoms with Gasteiger partial charge in [0.25, 0.3) is 0 Å². The van der Waals surface area contributed by atoms with E-state index in [1.807, 2.05) is 40.9 Å². The van der Waals surface area contributed by atoms with Gasteiger partial charge in [-0.15, -0.1) is 0 Å². The fourth-order valence-corrected chi connectivity index (χ4v) is 2.44. The average Bonchev–Trinajstić information content (AvgIpc) is 3.21. The molecule has 0 aliphatic carbocycles.